The predicted octanol–water partition coefficient (Wildman–Crippen LogP) is 5.51. The summed E-state index contributed by atoms with van der Waals surface area (Å²) in [5, 5.41) is 20.0. The molecule has 1 saturated heterocycles. The predicted molar refractivity (Wildman–Crippen MR) is 156 cm³/mol. The Kier molecular flexibility index (Phi) is 8.79. The molecule has 1 aromatic heterocycles. The zero-order valence-corrected chi connectivity index (χ0v) is 23.4. The highest BCUT2D eigenvalue weighted by Gasteiger charge is 2.31. The lowest BCUT2D eigenvalue weighted by Gasteiger charge is -2.11. The summed E-state index contributed by atoms with van der Waals surface area (Å²) in [6.07, 6.45) is 3.33. The molecule has 210 valence electrons. The molecule has 3 aromatic carbocycles. The topological polar surface area (TPSA) is 123 Å². The highest BCUT2D eigenvalue weighted by Crippen LogP contribution is 2.26. The van der Waals surface area contributed by atoms with Gasteiger partial charge in [-0.25, -0.2) is 9.48 Å². The SMILES string of the molecule is CCCCc1c(COc2ccc(CC3SC(=O)NC3=O)cc2)nnn1Cc1ccc(-c2ccccc2C(=O)O)cc1. The van der Waals surface area contributed by atoms with Crippen LogP contribution in [0.4, 0.5) is 4.79 Å². The number of ether oxygens (including phenoxy) is 1. The molecule has 9 nitrogen and oxygen atoms in total. The highest BCUT2D eigenvalue weighted by atomic mass is 32.2. The van der Waals surface area contributed by atoms with Gasteiger partial charge in [0, 0.05) is 0 Å². The molecule has 0 radical (unpaired) electrons. The second kappa shape index (κ2) is 12.8. The molecular formula is C31H30N4O5S. The van der Waals surface area contributed by atoms with Gasteiger partial charge in [-0.3, -0.25) is 14.9 Å². The van der Waals surface area contributed by atoms with Crippen molar-refractivity contribution in [3.8, 4) is 16.9 Å². The van der Waals surface area contributed by atoms with Crippen LogP contribution in [-0.4, -0.2) is 42.5 Å². The number of carbonyl (C=O) groups is 3. The van der Waals surface area contributed by atoms with Gasteiger partial charge in [-0.2, -0.15) is 0 Å². The lowest BCUT2D eigenvalue weighted by atomic mass is 9.99. The van der Waals surface area contributed by atoms with Gasteiger partial charge in [0.25, 0.3) is 5.24 Å². The number of hydrogen-bond acceptors (Lipinski definition) is 7. The van der Waals surface area contributed by atoms with Crippen LogP contribution < -0.4 is 10.1 Å². The van der Waals surface area contributed by atoms with E-state index >= 15 is 0 Å². The van der Waals surface area contributed by atoms with E-state index in [9.17, 15) is 19.5 Å². The Morgan fingerprint density at radius 2 is 1.76 bits per heavy atom. The summed E-state index contributed by atoms with van der Waals surface area (Å²) in [7, 11) is 0. The normalized spacial score (nSPS) is 14.7. The number of aromatic carboxylic acids is 1. The molecule has 41 heavy (non-hydrogen) atoms. The third-order valence-electron chi connectivity index (χ3n) is 6.93. The van der Waals surface area contributed by atoms with Gasteiger partial charge < -0.3 is 9.84 Å². The van der Waals surface area contributed by atoms with Crippen LogP contribution in [0.2, 0.25) is 0 Å². The number of rotatable bonds is 12. The number of benzene rings is 3. The fraction of sp³-hybridized carbons (Fsp3) is 0.258. The van der Waals surface area contributed by atoms with Crippen molar-refractivity contribution < 1.29 is 24.2 Å². The van der Waals surface area contributed by atoms with E-state index in [0.717, 1.165) is 59.1 Å². The van der Waals surface area contributed by atoms with E-state index in [2.05, 4.69) is 22.6 Å². The zero-order chi connectivity index (χ0) is 28.8. The number of imide groups is 1. The first-order valence-electron chi connectivity index (χ1n) is 13.5. The lowest BCUT2D eigenvalue weighted by Crippen LogP contribution is -2.25. The number of aromatic nitrogens is 3. The highest BCUT2D eigenvalue weighted by molar-refractivity contribution is 8.15. The number of hydrogen-bond donors (Lipinski definition) is 2. The molecule has 5 rings (SSSR count). The molecule has 1 aliphatic heterocycles. The van der Waals surface area contributed by atoms with Crippen molar-refractivity contribution in [1.29, 1.82) is 0 Å². The second-order valence-corrected chi connectivity index (χ2v) is 11.0. The minimum absolute atomic E-state index is 0.248. The number of amides is 2. The summed E-state index contributed by atoms with van der Waals surface area (Å²) in [6.45, 7) is 2.96. The maximum Gasteiger partial charge on any atom is 0.336 e. The summed E-state index contributed by atoms with van der Waals surface area (Å²) >= 11 is 1.02. The Hall–Kier alpha value is -4.44. The van der Waals surface area contributed by atoms with Crippen LogP contribution in [0.5, 0.6) is 5.75 Å². The first kappa shape index (κ1) is 28.1. The Labute approximate surface area is 241 Å². The van der Waals surface area contributed by atoms with Crippen LogP contribution in [0.3, 0.4) is 0 Å². The molecule has 0 spiro atoms. The van der Waals surface area contributed by atoms with Gasteiger partial charge in [-0.05, 0) is 59.7 Å². The summed E-state index contributed by atoms with van der Waals surface area (Å²) < 4.78 is 7.94. The van der Waals surface area contributed by atoms with Gasteiger partial charge in [0.15, 0.2) is 0 Å². The quantitative estimate of drug-likeness (QED) is 0.229. The summed E-state index contributed by atoms with van der Waals surface area (Å²) in [4.78, 5) is 34.9. The minimum Gasteiger partial charge on any atom is -0.487 e. The number of carboxylic acid groups (broad SMARTS) is 1. The van der Waals surface area contributed by atoms with Crippen molar-refractivity contribution in [2.24, 2.45) is 0 Å². The van der Waals surface area contributed by atoms with Crippen LogP contribution in [0, 0.1) is 0 Å². The Morgan fingerprint density at radius 1 is 1.02 bits per heavy atom. The molecule has 4 aromatic rings. The summed E-state index contributed by atoms with van der Waals surface area (Å²) in [5.41, 5.74) is 5.59. The molecule has 1 fully saturated rings. The smallest absolute Gasteiger partial charge is 0.336 e. The number of nitrogens with one attached hydrogen (secondary N) is 1. The van der Waals surface area contributed by atoms with Crippen molar-refractivity contribution >= 4 is 28.9 Å². The van der Waals surface area contributed by atoms with Gasteiger partial charge in [-0.15, -0.1) is 5.10 Å². The largest absolute Gasteiger partial charge is 0.487 e. The van der Waals surface area contributed by atoms with Gasteiger partial charge in [0.05, 0.1) is 23.1 Å². The molecule has 2 heterocycles. The van der Waals surface area contributed by atoms with Gasteiger partial charge in [0.2, 0.25) is 5.91 Å². The number of carbonyl (C=O) groups excluding carboxylic acids is 2. The average Bonchev–Trinajstić information content (AvgIpc) is 3.51. The number of carboxylic acids is 1. The monoisotopic (exact) mass is 570 g/mol. The number of thioether (sulfide) groups is 1. The fourth-order valence-corrected chi connectivity index (χ4v) is 5.58. The van der Waals surface area contributed by atoms with E-state index in [1.165, 1.54) is 0 Å². The van der Waals surface area contributed by atoms with E-state index in [4.69, 9.17) is 4.74 Å². The van der Waals surface area contributed by atoms with Crippen LogP contribution >= 0.6 is 11.8 Å². The number of nitrogens with zero attached hydrogens (tertiary/aromatic N) is 3. The maximum atomic E-state index is 11.8. The van der Waals surface area contributed by atoms with Crippen LogP contribution in [0.1, 0.15) is 52.6 Å². The van der Waals surface area contributed by atoms with Gasteiger partial charge in [0.1, 0.15) is 18.1 Å². The summed E-state index contributed by atoms with van der Waals surface area (Å²) in [6, 6.07) is 22.3. The van der Waals surface area contributed by atoms with Crippen molar-refractivity contribution in [2.45, 2.75) is 51.0 Å². The van der Waals surface area contributed by atoms with Crippen molar-refractivity contribution in [1.82, 2.24) is 20.3 Å². The maximum absolute atomic E-state index is 11.8. The Morgan fingerprint density at radius 3 is 2.44 bits per heavy atom. The Balaban J connectivity index is 1.25. The summed E-state index contributed by atoms with van der Waals surface area (Å²) in [5.74, 6) is -0.516. The van der Waals surface area contributed by atoms with Crippen molar-refractivity contribution in [3.05, 3.63) is 101 Å². The third-order valence-corrected chi connectivity index (χ3v) is 7.91. The zero-order valence-electron chi connectivity index (χ0n) is 22.6. The molecule has 1 atom stereocenters. The van der Waals surface area contributed by atoms with Crippen molar-refractivity contribution in [3.63, 3.8) is 0 Å². The molecule has 2 N–H and O–H groups in total. The van der Waals surface area contributed by atoms with E-state index in [0.29, 0.717) is 24.3 Å². The van der Waals surface area contributed by atoms with E-state index < -0.39 is 11.2 Å². The third kappa shape index (κ3) is 6.83. The molecular weight excluding hydrogens is 540 g/mol. The fourth-order valence-electron chi connectivity index (χ4n) is 4.72. The number of unbranched alkanes of at least 4 members (excludes halogenated alkanes) is 1. The average molecular weight is 571 g/mol. The molecule has 2 amide bonds. The molecule has 0 saturated carbocycles. The lowest BCUT2D eigenvalue weighted by molar-refractivity contribution is -0.118. The molecule has 10 heteroatoms. The first-order valence-corrected chi connectivity index (χ1v) is 14.4. The molecule has 0 bridgehead atoms. The standard InChI is InChI=1S/C31H30N4O5S/c1-2-3-8-27-26(19-40-23-15-11-20(12-16-23)17-28-29(36)32-31(39)41-28)33-34-35(27)18-21-9-13-22(14-10-21)24-6-4-5-7-25(24)30(37)38/h4-7,9-16,28H,2-3,8,17-19H2,1H3,(H,37,38)(H,32,36,39). The van der Waals surface area contributed by atoms with E-state index in [-0.39, 0.29) is 23.3 Å². The van der Waals surface area contributed by atoms with Crippen LogP contribution in [0.15, 0.2) is 72.8 Å². The van der Waals surface area contributed by atoms with E-state index in [1.807, 2.05) is 65.3 Å². The minimum atomic E-state index is -0.951. The molecule has 0 aliphatic carbocycles. The molecule has 1 aliphatic rings. The van der Waals surface area contributed by atoms with E-state index in [1.54, 1.807) is 12.1 Å². The van der Waals surface area contributed by atoms with Crippen LogP contribution in [0.25, 0.3) is 11.1 Å². The van der Waals surface area contributed by atoms with Crippen molar-refractivity contribution in [2.75, 3.05) is 0 Å². The van der Waals surface area contributed by atoms with Crippen LogP contribution in [-0.2, 0) is 30.8 Å². The van der Waals surface area contributed by atoms with Gasteiger partial charge in [-0.1, -0.05) is 84.9 Å². The second-order valence-electron chi connectivity index (χ2n) is 9.81. The van der Waals surface area contributed by atoms with Gasteiger partial charge >= 0.3 is 5.97 Å². The first-order chi connectivity index (χ1) is 19.9. The molecule has 1 unspecified atom stereocenters. The Bertz CT molecular complexity index is 1550.